The van der Waals surface area contributed by atoms with Gasteiger partial charge in [0.05, 0.1) is 19.3 Å². The second-order valence-corrected chi connectivity index (χ2v) is 4.07. The molecule has 0 bridgehead atoms. The van der Waals surface area contributed by atoms with Crippen molar-refractivity contribution in [2.24, 2.45) is 5.73 Å². The Bertz CT molecular complexity index is 582. The van der Waals surface area contributed by atoms with Crippen LogP contribution < -0.4 is 15.8 Å². The summed E-state index contributed by atoms with van der Waals surface area (Å²) >= 11 is 0. The molecule has 0 saturated carbocycles. The highest BCUT2D eigenvalue weighted by atomic mass is 16.5. The van der Waals surface area contributed by atoms with Gasteiger partial charge in [-0.3, -0.25) is 9.48 Å². The van der Waals surface area contributed by atoms with Crippen molar-refractivity contribution >= 4 is 11.6 Å². The molecule has 0 aliphatic rings. The van der Waals surface area contributed by atoms with Crippen molar-refractivity contribution in [2.45, 2.75) is 13.5 Å². The summed E-state index contributed by atoms with van der Waals surface area (Å²) < 4.78 is 6.91. The van der Waals surface area contributed by atoms with Crippen molar-refractivity contribution in [3.05, 3.63) is 36.2 Å². The number of benzene rings is 1. The standard InChI is InChI=1S/C13H17N5O2/c1-2-20-11-5-3-4-10(8-11)15-13(19)12-9-18(7-6-14)17-16-12/h3-5,8-9H,2,6-7,14H2,1H3,(H,15,19). The molecule has 2 aromatic rings. The zero-order chi connectivity index (χ0) is 14.4. The Kier molecular flexibility index (Phi) is 4.67. The number of ether oxygens (including phenoxy) is 1. The van der Waals surface area contributed by atoms with Gasteiger partial charge in [-0.15, -0.1) is 5.10 Å². The van der Waals surface area contributed by atoms with Gasteiger partial charge in [0.2, 0.25) is 0 Å². The summed E-state index contributed by atoms with van der Waals surface area (Å²) in [7, 11) is 0. The fraction of sp³-hybridized carbons (Fsp3) is 0.308. The van der Waals surface area contributed by atoms with Gasteiger partial charge in [-0.05, 0) is 19.1 Å². The number of aromatic nitrogens is 3. The molecule has 7 nitrogen and oxygen atoms in total. The maximum atomic E-state index is 12.0. The highest BCUT2D eigenvalue weighted by Gasteiger charge is 2.11. The van der Waals surface area contributed by atoms with Crippen LogP contribution in [0.2, 0.25) is 0 Å². The summed E-state index contributed by atoms with van der Waals surface area (Å²) in [5.74, 6) is 0.388. The van der Waals surface area contributed by atoms with E-state index in [9.17, 15) is 4.79 Å². The number of carbonyl (C=O) groups is 1. The lowest BCUT2D eigenvalue weighted by Crippen LogP contribution is -2.13. The molecule has 1 aromatic carbocycles. The van der Waals surface area contributed by atoms with Crippen LogP contribution in [0.15, 0.2) is 30.5 Å². The average molecular weight is 275 g/mol. The second-order valence-electron chi connectivity index (χ2n) is 4.07. The van der Waals surface area contributed by atoms with Gasteiger partial charge in [0, 0.05) is 18.3 Å². The number of hydrogen-bond acceptors (Lipinski definition) is 5. The van der Waals surface area contributed by atoms with Gasteiger partial charge in [0.15, 0.2) is 5.69 Å². The van der Waals surface area contributed by atoms with E-state index < -0.39 is 0 Å². The minimum atomic E-state index is -0.318. The number of rotatable bonds is 6. The third kappa shape index (κ3) is 3.55. The minimum absolute atomic E-state index is 0.250. The number of amides is 1. The number of carbonyl (C=O) groups excluding carboxylic acids is 1. The first kappa shape index (κ1) is 14.0. The van der Waals surface area contributed by atoms with Gasteiger partial charge in [-0.1, -0.05) is 11.3 Å². The Balaban J connectivity index is 2.04. The number of nitrogens with zero attached hydrogens (tertiary/aromatic N) is 3. The van der Waals surface area contributed by atoms with Crippen LogP contribution in [0, 0.1) is 0 Å². The molecule has 20 heavy (non-hydrogen) atoms. The van der Waals surface area contributed by atoms with Gasteiger partial charge >= 0.3 is 0 Å². The summed E-state index contributed by atoms with van der Waals surface area (Å²) in [5.41, 5.74) is 6.31. The average Bonchev–Trinajstić information content (AvgIpc) is 2.89. The van der Waals surface area contributed by atoms with Crippen molar-refractivity contribution in [3.8, 4) is 5.75 Å². The van der Waals surface area contributed by atoms with Gasteiger partial charge in [0.1, 0.15) is 5.75 Å². The largest absolute Gasteiger partial charge is 0.494 e. The Morgan fingerprint density at radius 2 is 2.35 bits per heavy atom. The first-order valence-corrected chi connectivity index (χ1v) is 6.37. The molecule has 0 fully saturated rings. The predicted octanol–water partition coefficient (Wildman–Crippen LogP) is 0.888. The maximum Gasteiger partial charge on any atom is 0.277 e. The number of nitrogens with two attached hydrogens (primary N) is 1. The first-order chi connectivity index (χ1) is 9.72. The smallest absolute Gasteiger partial charge is 0.277 e. The molecule has 3 N–H and O–H groups in total. The van der Waals surface area contributed by atoms with E-state index in [1.54, 1.807) is 18.3 Å². The molecule has 0 spiro atoms. The molecule has 0 saturated heterocycles. The first-order valence-electron chi connectivity index (χ1n) is 6.37. The SMILES string of the molecule is CCOc1cccc(NC(=O)c2cn(CCN)nn2)c1. The molecule has 1 heterocycles. The highest BCUT2D eigenvalue weighted by Crippen LogP contribution is 2.17. The third-order valence-electron chi connectivity index (χ3n) is 2.53. The fourth-order valence-corrected chi connectivity index (χ4v) is 1.67. The molecule has 0 unspecified atom stereocenters. The summed E-state index contributed by atoms with van der Waals surface area (Å²) in [6.07, 6.45) is 1.56. The van der Waals surface area contributed by atoms with E-state index in [4.69, 9.17) is 10.5 Å². The van der Waals surface area contributed by atoms with Crippen molar-refractivity contribution in [1.29, 1.82) is 0 Å². The Morgan fingerprint density at radius 3 is 3.10 bits per heavy atom. The van der Waals surface area contributed by atoms with Crippen LogP contribution in [0.25, 0.3) is 0 Å². The molecule has 1 amide bonds. The van der Waals surface area contributed by atoms with E-state index in [2.05, 4.69) is 15.6 Å². The van der Waals surface area contributed by atoms with Crippen molar-refractivity contribution in [1.82, 2.24) is 15.0 Å². The van der Waals surface area contributed by atoms with E-state index in [-0.39, 0.29) is 11.6 Å². The molecule has 2 rings (SSSR count). The molecule has 7 heteroatoms. The third-order valence-corrected chi connectivity index (χ3v) is 2.53. The summed E-state index contributed by atoms with van der Waals surface area (Å²) in [6, 6.07) is 7.18. The molecule has 0 aliphatic carbocycles. The van der Waals surface area contributed by atoms with E-state index in [1.165, 1.54) is 4.68 Å². The second kappa shape index (κ2) is 6.67. The molecule has 106 valence electrons. The molecular weight excluding hydrogens is 258 g/mol. The lowest BCUT2D eigenvalue weighted by molar-refractivity contribution is 0.102. The monoisotopic (exact) mass is 275 g/mol. The van der Waals surface area contributed by atoms with Gasteiger partial charge < -0.3 is 15.8 Å². The summed E-state index contributed by atoms with van der Waals surface area (Å²) in [6.45, 7) is 3.45. The highest BCUT2D eigenvalue weighted by molar-refractivity contribution is 6.02. The van der Waals surface area contributed by atoms with E-state index in [0.29, 0.717) is 31.1 Å². The van der Waals surface area contributed by atoms with Crippen LogP contribution in [-0.2, 0) is 6.54 Å². The van der Waals surface area contributed by atoms with E-state index in [1.807, 2.05) is 19.1 Å². The van der Waals surface area contributed by atoms with Crippen molar-refractivity contribution in [2.75, 3.05) is 18.5 Å². The lowest BCUT2D eigenvalue weighted by Gasteiger charge is -2.06. The Hall–Kier alpha value is -2.41. The quantitative estimate of drug-likeness (QED) is 0.816. The van der Waals surface area contributed by atoms with Gasteiger partial charge in [-0.2, -0.15) is 0 Å². The zero-order valence-electron chi connectivity index (χ0n) is 11.2. The maximum absolute atomic E-state index is 12.0. The number of anilines is 1. The fourth-order valence-electron chi connectivity index (χ4n) is 1.67. The predicted molar refractivity (Wildman–Crippen MR) is 74.6 cm³/mol. The zero-order valence-corrected chi connectivity index (χ0v) is 11.2. The minimum Gasteiger partial charge on any atom is -0.494 e. The molecule has 0 aliphatic heterocycles. The summed E-state index contributed by atoms with van der Waals surface area (Å²) in [5, 5.41) is 10.4. The Labute approximate surface area is 116 Å². The van der Waals surface area contributed by atoms with Crippen LogP contribution in [0.1, 0.15) is 17.4 Å². The topological polar surface area (TPSA) is 95.1 Å². The van der Waals surface area contributed by atoms with Crippen LogP contribution in [0.5, 0.6) is 5.75 Å². The van der Waals surface area contributed by atoms with Crippen molar-refractivity contribution < 1.29 is 9.53 Å². The van der Waals surface area contributed by atoms with Crippen LogP contribution >= 0.6 is 0 Å². The lowest BCUT2D eigenvalue weighted by atomic mass is 10.3. The van der Waals surface area contributed by atoms with Crippen molar-refractivity contribution in [3.63, 3.8) is 0 Å². The van der Waals surface area contributed by atoms with Crippen LogP contribution in [-0.4, -0.2) is 34.1 Å². The van der Waals surface area contributed by atoms with E-state index in [0.717, 1.165) is 0 Å². The number of nitrogens with one attached hydrogen (secondary N) is 1. The van der Waals surface area contributed by atoms with E-state index >= 15 is 0 Å². The van der Waals surface area contributed by atoms with Gasteiger partial charge in [-0.25, -0.2) is 0 Å². The van der Waals surface area contributed by atoms with Gasteiger partial charge in [0.25, 0.3) is 5.91 Å². The molecular formula is C13H17N5O2. The number of hydrogen-bond donors (Lipinski definition) is 2. The normalized spacial score (nSPS) is 10.3. The summed E-state index contributed by atoms with van der Waals surface area (Å²) in [4.78, 5) is 12.0. The molecule has 0 atom stereocenters. The van der Waals surface area contributed by atoms with Crippen LogP contribution in [0.3, 0.4) is 0 Å². The Morgan fingerprint density at radius 1 is 1.50 bits per heavy atom. The molecule has 1 aromatic heterocycles. The molecule has 0 radical (unpaired) electrons. The van der Waals surface area contributed by atoms with Crippen LogP contribution in [0.4, 0.5) is 5.69 Å².